The summed E-state index contributed by atoms with van der Waals surface area (Å²) in [5.74, 6) is 0.903. The number of hydrogen-bond donors (Lipinski definition) is 1. The fourth-order valence-electron chi connectivity index (χ4n) is 5.16. The summed E-state index contributed by atoms with van der Waals surface area (Å²) >= 11 is 0. The molecular weight excluding hydrogens is 404 g/mol. The zero-order chi connectivity index (χ0) is 22.2. The Morgan fingerprint density at radius 1 is 1.19 bits per heavy atom. The molecule has 1 N–H and O–H groups in total. The van der Waals surface area contributed by atoms with Gasteiger partial charge in [-0.25, -0.2) is 4.98 Å². The molecule has 2 amide bonds. The first-order valence-corrected chi connectivity index (χ1v) is 11.6. The minimum Gasteiger partial charge on any atom is -0.348 e. The lowest BCUT2D eigenvalue weighted by molar-refractivity contribution is -0.132. The van der Waals surface area contributed by atoms with Crippen molar-refractivity contribution in [2.45, 2.75) is 64.6 Å². The normalized spacial score (nSPS) is 16.5. The van der Waals surface area contributed by atoms with Gasteiger partial charge in [0.2, 0.25) is 5.91 Å². The van der Waals surface area contributed by atoms with Gasteiger partial charge in [-0.3, -0.25) is 14.3 Å². The number of benzene rings is 1. The van der Waals surface area contributed by atoms with Gasteiger partial charge in [0.1, 0.15) is 5.82 Å². The third-order valence-corrected chi connectivity index (χ3v) is 6.90. The number of amides is 2. The summed E-state index contributed by atoms with van der Waals surface area (Å²) in [6, 6.07) is 8.25. The summed E-state index contributed by atoms with van der Waals surface area (Å²) in [6.07, 6.45) is 5.52. The Labute approximate surface area is 187 Å². The van der Waals surface area contributed by atoms with Gasteiger partial charge in [-0.15, -0.1) is 0 Å². The number of rotatable bonds is 5. The van der Waals surface area contributed by atoms with Crippen LogP contribution in [0.25, 0.3) is 11.0 Å². The van der Waals surface area contributed by atoms with Crippen molar-refractivity contribution < 1.29 is 9.59 Å². The molecule has 1 aromatic carbocycles. The van der Waals surface area contributed by atoms with Crippen LogP contribution in [0.2, 0.25) is 0 Å². The van der Waals surface area contributed by atoms with Crippen LogP contribution in [0.4, 0.5) is 0 Å². The second-order valence-corrected chi connectivity index (χ2v) is 8.97. The number of carbonyl (C=O) groups excluding carboxylic acids is 2. The molecule has 8 nitrogen and oxygen atoms in total. The van der Waals surface area contributed by atoms with Crippen molar-refractivity contribution in [3.63, 3.8) is 0 Å². The van der Waals surface area contributed by atoms with Gasteiger partial charge in [0.25, 0.3) is 5.91 Å². The predicted octanol–water partition coefficient (Wildman–Crippen LogP) is 2.73. The Bertz CT molecular complexity index is 1170. The van der Waals surface area contributed by atoms with Crippen molar-refractivity contribution in [2.24, 2.45) is 7.05 Å². The SMILES string of the molecule is Cc1nc2ccccc2n1CCC(=O)N1CCc2c(c(C(=O)NC3CCCC3)nn2C)C1. The van der Waals surface area contributed by atoms with Crippen LogP contribution in [0.3, 0.4) is 0 Å². The average molecular weight is 435 g/mol. The predicted molar refractivity (Wildman–Crippen MR) is 121 cm³/mol. The van der Waals surface area contributed by atoms with Gasteiger partial charge in [0.05, 0.1) is 11.0 Å². The monoisotopic (exact) mass is 434 g/mol. The number of hydrogen-bond acceptors (Lipinski definition) is 4. The van der Waals surface area contributed by atoms with E-state index in [-0.39, 0.29) is 17.9 Å². The van der Waals surface area contributed by atoms with Crippen molar-refractivity contribution in [1.82, 2.24) is 29.5 Å². The van der Waals surface area contributed by atoms with Gasteiger partial charge < -0.3 is 14.8 Å². The van der Waals surface area contributed by atoms with E-state index >= 15 is 0 Å². The second kappa shape index (κ2) is 8.41. The number of aromatic nitrogens is 4. The lowest BCUT2D eigenvalue weighted by Gasteiger charge is -2.28. The minimum absolute atomic E-state index is 0.0961. The van der Waals surface area contributed by atoms with Gasteiger partial charge in [-0.1, -0.05) is 25.0 Å². The van der Waals surface area contributed by atoms with E-state index in [4.69, 9.17) is 0 Å². The molecule has 8 heteroatoms. The molecule has 2 aliphatic rings. The number of nitrogens with zero attached hydrogens (tertiary/aromatic N) is 5. The van der Waals surface area contributed by atoms with E-state index in [1.165, 1.54) is 12.8 Å². The number of fused-ring (bicyclic) bond motifs is 2. The molecule has 3 aromatic rings. The van der Waals surface area contributed by atoms with E-state index in [9.17, 15) is 9.59 Å². The van der Waals surface area contributed by atoms with Crippen molar-refractivity contribution in [3.05, 3.63) is 47.0 Å². The molecule has 0 atom stereocenters. The Balaban J connectivity index is 1.28. The van der Waals surface area contributed by atoms with E-state index in [1.807, 2.05) is 47.8 Å². The molecule has 5 rings (SSSR count). The van der Waals surface area contributed by atoms with Gasteiger partial charge >= 0.3 is 0 Å². The van der Waals surface area contributed by atoms with Crippen LogP contribution in [0.5, 0.6) is 0 Å². The van der Waals surface area contributed by atoms with Crippen molar-refractivity contribution in [2.75, 3.05) is 6.54 Å². The van der Waals surface area contributed by atoms with Crippen molar-refractivity contribution in [1.29, 1.82) is 0 Å². The quantitative estimate of drug-likeness (QED) is 0.669. The van der Waals surface area contributed by atoms with Gasteiger partial charge in [-0.2, -0.15) is 5.10 Å². The maximum absolute atomic E-state index is 13.1. The molecule has 1 aliphatic heterocycles. The molecule has 0 unspecified atom stereocenters. The summed E-state index contributed by atoms with van der Waals surface area (Å²) in [5, 5.41) is 7.66. The van der Waals surface area contributed by atoms with Gasteiger partial charge in [0.15, 0.2) is 5.69 Å². The summed E-state index contributed by atoms with van der Waals surface area (Å²) < 4.78 is 3.91. The number of carbonyl (C=O) groups is 2. The molecular formula is C24H30N6O2. The molecule has 0 spiro atoms. The molecule has 32 heavy (non-hydrogen) atoms. The Morgan fingerprint density at radius 2 is 1.97 bits per heavy atom. The Kier molecular flexibility index (Phi) is 5.45. The maximum Gasteiger partial charge on any atom is 0.272 e. The third-order valence-electron chi connectivity index (χ3n) is 6.90. The zero-order valence-corrected chi connectivity index (χ0v) is 18.8. The molecule has 2 aromatic heterocycles. The highest BCUT2D eigenvalue weighted by atomic mass is 16.2. The highest BCUT2D eigenvalue weighted by molar-refractivity contribution is 5.94. The van der Waals surface area contributed by atoms with E-state index < -0.39 is 0 Å². The second-order valence-electron chi connectivity index (χ2n) is 8.97. The minimum atomic E-state index is -0.108. The van der Waals surface area contributed by atoms with E-state index in [1.54, 1.807) is 0 Å². The maximum atomic E-state index is 13.1. The molecule has 3 heterocycles. The number of imidazole rings is 1. The summed E-state index contributed by atoms with van der Waals surface area (Å²) in [6.45, 7) is 3.66. The van der Waals surface area contributed by atoms with E-state index in [0.717, 1.165) is 41.0 Å². The first kappa shape index (κ1) is 20.7. The summed E-state index contributed by atoms with van der Waals surface area (Å²) in [5.41, 5.74) is 4.43. The topological polar surface area (TPSA) is 85.1 Å². The summed E-state index contributed by atoms with van der Waals surface area (Å²) in [4.78, 5) is 32.4. The Hall–Kier alpha value is -3.16. The van der Waals surface area contributed by atoms with Gasteiger partial charge in [0, 0.05) is 56.8 Å². The van der Waals surface area contributed by atoms with Crippen molar-refractivity contribution >= 4 is 22.8 Å². The molecule has 168 valence electrons. The lowest BCUT2D eigenvalue weighted by Crippen LogP contribution is -2.38. The van der Waals surface area contributed by atoms with Crippen LogP contribution < -0.4 is 5.32 Å². The first-order valence-electron chi connectivity index (χ1n) is 11.6. The largest absolute Gasteiger partial charge is 0.348 e. The fourth-order valence-corrected chi connectivity index (χ4v) is 5.16. The van der Waals surface area contributed by atoms with Crippen LogP contribution >= 0.6 is 0 Å². The molecule has 1 fully saturated rings. The molecule has 0 saturated heterocycles. The smallest absolute Gasteiger partial charge is 0.272 e. The molecule has 1 aliphatic carbocycles. The third kappa shape index (κ3) is 3.78. The zero-order valence-electron chi connectivity index (χ0n) is 18.8. The van der Waals surface area contributed by atoms with E-state index in [2.05, 4.69) is 20.0 Å². The van der Waals surface area contributed by atoms with Crippen LogP contribution in [-0.2, 0) is 31.4 Å². The number of para-hydroxylation sites is 2. The highest BCUT2D eigenvalue weighted by Gasteiger charge is 2.30. The molecule has 0 bridgehead atoms. The standard InChI is InChI=1S/C24H30N6O2/c1-16-25-19-9-5-6-10-21(19)30(16)14-12-22(31)29-13-11-20-18(15-29)23(27-28(20)2)24(32)26-17-7-3-4-8-17/h5-6,9-10,17H,3-4,7-8,11-15H2,1-2H3,(H,26,32). The number of aryl methyl sites for hydroxylation is 3. The fraction of sp³-hybridized carbons (Fsp3) is 0.500. The van der Waals surface area contributed by atoms with Crippen molar-refractivity contribution in [3.8, 4) is 0 Å². The van der Waals surface area contributed by atoms with E-state index in [0.29, 0.717) is 38.2 Å². The van der Waals surface area contributed by atoms with Crippen LogP contribution in [0, 0.1) is 6.92 Å². The van der Waals surface area contributed by atoms with Crippen LogP contribution in [0.1, 0.15) is 59.7 Å². The Morgan fingerprint density at radius 3 is 2.78 bits per heavy atom. The number of nitrogens with one attached hydrogen (secondary N) is 1. The average Bonchev–Trinajstić information content (AvgIpc) is 3.49. The molecule has 0 radical (unpaired) electrons. The highest BCUT2D eigenvalue weighted by Crippen LogP contribution is 2.24. The van der Waals surface area contributed by atoms with Crippen LogP contribution in [0.15, 0.2) is 24.3 Å². The lowest BCUT2D eigenvalue weighted by atomic mass is 10.0. The molecule has 1 saturated carbocycles. The summed E-state index contributed by atoms with van der Waals surface area (Å²) in [7, 11) is 1.88. The van der Waals surface area contributed by atoms with Crippen LogP contribution in [-0.4, -0.2) is 48.6 Å². The first-order chi connectivity index (χ1) is 15.5. The van der Waals surface area contributed by atoms with Gasteiger partial charge in [-0.05, 0) is 31.9 Å².